The molecule has 0 spiro atoms. The van der Waals surface area contributed by atoms with Gasteiger partial charge in [0.2, 0.25) is 5.91 Å². The number of ether oxygens (including phenoxy) is 1. The van der Waals surface area contributed by atoms with Crippen LogP contribution in [0, 0.1) is 5.41 Å². The van der Waals surface area contributed by atoms with Gasteiger partial charge in [0.1, 0.15) is 10.1 Å². The molecule has 0 bridgehead atoms. The first-order chi connectivity index (χ1) is 9.91. The Morgan fingerprint density at radius 2 is 2.00 bits per heavy atom. The van der Waals surface area contributed by atoms with E-state index >= 15 is 0 Å². The van der Waals surface area contributed by atoms with Crippen LogP contribution in [0.5, 0.6) is 5.75 Å². The van der Waals surface area contributed by atoms with Crippen molar-refractivity contribution in [1.82, 2.24) is 0 Å². The molecule has 2 saturated carbocycles. The second-order valence-corrected chi connectivity index (χ2v) is 7.70. The Morgan fingerprint density at radius 3 is 2.62 bits per heavy atom. The molecule has 0 heterocycles. The minimum absolute atomic E-state index is 0.148. The SMILES string of the molecule is CC1(C(=O)Nc2cccc(OC3CCCC3)c2)CC1(Cl)Cl. The van der Waals surface area contributed by atoms with E-state index in [2.05, 4.69) is 5.32 Å². The molecule has 1 aromatic carbocycles. The maximum absolute atomic E-state index is 12.2. The third-order valence-electron chi connectivity index (χ3n) is 4.46. The second kappa shape index (κ2) is 5.36. The molecule has 0 saturated heterocycles. The molecule has 2 aliphatic rings. The van der Waals surface area contributed by atoms with Gasteiger partial charge in [0.25, 0.3) is 0 Å². The summed E-state index contributed by atoms with van der Waals surface area (Å²) in [6, 6.07) is 7.49. The van der Waals surface area contributed by atoms with Gasteiger partial charge in [-0.05, 0) is 51.2 Å². The highest BCUT2D eigenvalue weighted by atomic mass is 35.5. The van der Waals surface area contributed by atoms with E-state index in [9.17, 15) is 4.79 Å². The minimum Gasteiger partial charge on any atom is -0.490 e. The molecule has 5 heteroatoms. The molecule has 114 valence electrons. The third-order valence-corrected chi connectivity index (χ3v) is 5.56. The van der Waals surface area contributed by atoms with Crippen LogP contribution < -0.4 is 10.1 Å². The van der Waals surface area contributed by atoms with Gasteiger partial charge in [-0.3, -0.25) is 4.79 Å². The summed E-state index contributed by atoms with van der Waals surface area (Å²) in [6.45, 7) is 1.78. The lowest BCUT2D eigenvalue weighted by Crippen LogP contribution is -2.25. The maximum Gasteiger partial charge on any atom is 0.233 e. The van der Waals surface area contributed by atoms with E-state index in [1.165, 1.54) is 12.8 Å². The van der Waals surface area contributed by atoms with Crippen LogP contribution in [-0.4, -0.2) is 16.3 Å². The van der Waals surface area contributed by atoms with E-state index < -0.39 is 9.75 Å². The van der Waals surface area contributed by atoms with Crippen LogP contribution in [0.1, 0.15) is 39.0 Å². The van der Waals surface area contributed by atoms with Gasteiger partial charge in [0.05, 0.1) is 11.5 Å². The third kappa shape index (κ3) is 3.00. The van der Waals surface area contributed by atoms with Crippen LogP contribution >= 0.6 is 23.2 Å². The summed E-state index contributed by atoms with van der Waals surface area (Å²) < 4.78 is 4.99. The molecule has 3 nitrogen and oxygen atoms in total. The van der Waals surface area contributed by atoms with Crippen molar-refractivity contribution in [3.05, 3.63) is 24.3 Å². The Hall–Kier alpha value is -0.930. The quantitative estimate of drug-likeness (QED) is 0.825. The van der Waals surface area contributed by atoms with Crippen molar-refractivity contribution < 1.29 is 9.53 Å². The molecule has 21 heavy (non-hydrogen) atoms. The van der Waals surface area contributed by atoms with Crippen LogP contribution in [0.15, 0.2) is 24.3 Å². The second-order valence-electron chi connectivity index (χ2n) is 6.22. The van der Waals surface area contributed by atoms with Crippen LogP contribution in [0.25, 0.3) is 0 Å². The Labute approximate surface area is 135 Å². The van der Waals surface area contributed by atoms with Crippen molar-refractivity contribution in [2.45, 2.75) is 49.5 Å². The number of alkyl halides is 2. The number of carbonyl (C=O) groups is 1. The summed E-state index contributed by atoms with van der Waals surface area (Å²) in [5, 5.41) is 2.88. The zero-order chi connectivity index (χ0) is 15.1. The Balaban J connectivity index is 1.65. The van der Waals surface area contributed by atoms with Crippen molar-refractivity contribution in [1.29, 1.82) is 0 Å². The number of benzene rings is 1. The van der Waals surface area contributed by atoms with E-state index in [1.807, 2.05) is 24.3 Å². The van der Waals surface area contributed by atoms with Gasteiger partial charge in [0.15, 0.2) is 0 Å². The summed E-state index contributed by atoms with van der Waals surface area (Å²) >= 11 is 12.1. The molecule has 1 unspecified atom stereocenters. The zero-order valence-electron chi connectivity index (χ0n) is 12.0. The van der Waals surface area contributed by atoms with Crippen molar-refractivity contribution in [2.75, 3.05) is 5.32 Å². The van der Waals surface area contributed by atoms with Crippen molar-refractivity contribution >= 4 is 34.8 Å². The molecule has 0 aromatic heterocycles. The highest BCUT2D eigenvalue weighted by Crippen LogP contribution is 2.64. The zero-order valence-corrected chi connectivity index (χ0v) is 13.5. The number of rotatable bonds is 4. The first-order valence-electron chi connectivity index (χ1n) is 7.37. The number of hydrogen-bond acceptors (Lipinski definition) is 2. The average Bonchev–Trinajstić information content (AvgIpc) is 2.79. The molecule has 1 aromatic rings. The van der Waals surface area contributed by atoms with Gasteiger partial charge in [-0.1, -0.05) is 6.07 Å². The Bertz CT molecular complexity index is 555. The van der Waals surface area contributed by atoms with Crippen LogP contribution in [-0.2, 0) is 4.79 Å². The van der Waals surface area contributed by atoms with E-state index in [0.29, 0.717) is 18.2 Å². The number of nitrogens with one attached hydrogen (secondary N) is 1. The molecular weight excluding hydrogens is 309 g/mol. The van der Waals surface area contributed by atoms with Gasteiger partial charge < -0.3 is 10.1 Å². The Morgan fingerprint density at radius 1 is 1.33 bits per heavy atom. The van der Waals surface area contributed by atoms with Gasteiger partial charge in [0, 0.05) is 11.8 Å². The monoisotopic (exact) mass is 327 g/mol. The van der Waals surface area contributed by atoms with E-state index in [4.69, 9.17) is 27.9 Å². The number of hydrogen-bond donors (Lipinski definition) is 1. The van der Waals surface area contributed by atoms with Crippen LogP contribution in [0.4, 0.5) is 5.69 Å². The lowest BCUT2D eigenvalue weighted by molar-refractivity contribution is -0.120. The van der Waals surface area contributed by atoms with Gasteiger partial charge >= 0.3 is 0 Å². The molecule has 0 radical (unpaired) electrons. The normalized spacial score (nSPS) is 27.4. The van der Waals surface area contributed by atoms with Gasteiger partial charge in [-0.2, -0.15) is 0 Å². The molecule has 1 amide bonds. The van der Waals surface area contributed by atoms with Crippen LogP contribution in [0.2, 0.25) is 0 Å². The highest BCUT2D eigenvalue weighted by molar-refractivity contribution is 6.53. The maximum atomic E-state index is 12.2. The van der Waals surface area contributed by atoms with Crippen LogP contribution in [0.3, 0.4) is 0 Å². The topological polar surface area (TPSA) is 38.3 Å². The number of amides is 1. The van der Waals surface area contributed by atoms with Crippen molar-refractivity contribution in [3.63, 3.8) is 0 Å². The van der Waals surface area contributed by atoms with Crippen molar-refractivity contribution in [3.8, 4) is 5.75 Å². The molecule has 2 fully saturated rings. The first kappa shape index (κ1) is 15.0. The predicted octanol–water partition coefficient (Wildman–Crippen LogP) is 4.53. The lowest BCUT2D eigenvalue weighted by atomic mass is 10.1. The molecule has 3 rings (SSSR count). The summed E-state index contributed by atoms with van der Waals surface area (Å²) in [6.07, 6.45) is 5.45. The standard InChI is InChI=1S/C16H19Cl2NO2/c1-15(10-16(15,17)18)14(20)19-11-5-4-8-13(9-11)21-12-6-2-3-7-12/h4-5,8-9,12H,2-3,6-7,10H2,1H3,(H,19,20). The summed E-state index contributed by atoms with van der Waals surface area (Å²) in [7, 11) is 0. The van der Waals surface area contributed by atoms with E-state index in [-0.39, 0.29) is 5.91 Å². The Kier molecular flexibility index (Phi) is 3.83. The van der Waals surface area contributed by atoms with E-state index in [1.54, 1.807) is 6.92 Å². The predicted molar refractivity (Wildman–Crippen MR) is 85.1 cm³/mol. The fourth-order valence-electron chi connectivity index (χ4n) is 2.76. The van der Waals surface area contributed by atoms with Crippen molar-refractivity contribution in [2.24, 2.45) is 5.41 Å². The summed E-state index contributed by atoms with van der Waals surface area (Å²) in [4.78, 5) is 12.2. The number of anilines is 1. The average molecular weight is 328 g/mol. The fraction of sp³-hybridized carbons (Fsp3) is 0.562. The van der Waals surface area contributed by atoms with E-state index in [0.717, 1.165) is 18.6 Å². The highest BCUT2D eigenvalue weighted by Gasteiger charge is 2.67. The smallest absolute Gasteiger partial charge is 0.233 e. The lowest BCUT2D eigenvalue weighted by Gasteiger charge is -2.16. The summed E-state index contributed by atoms with van der Waals surface area (Å²) in [5.41, 5.74) is 0.00562. The number of carbonyl (C=O) groups excluding carboxylic acids is 1. The van der Waals surface area contributed by atoms with Gasteiger partial charge in [-0.25, -0.2) is 0 Å². The first-order valence-corrected chi connectivity index (χ1v) is 8.12. The summed E-state index contributed by atoms with van der Waals surface area (Å²) in [5.74, 6) is 0.647. The minimum atomic E-state index is -0.949. The largest absolute Gasteiger partial charge is 0.490 e. The number of halogens is 2. The molecule has 2 aliphatic carbocycles. The fourth-order valence-corrected chi connectivity index (χ4v) is 3.47. The van der Waals surface area contributed by atoms with Gasteiger partial charge in [-0.15, -0.1) is 23.2 Å². The molecular formula is C16H19Cl2NO2. The molecule has 1 atom stereocenters. The molecule has 1 N–H and O–H groups in total. The molecule has 0 aliphatic heterocycles.